The number of carbonyl (C=O) groups is 2. The van der Waals surface area contributed by atoms with E-state index in [1.165, 1.54) is 4.90 Å². The standard InChI is InChI=1S/C16H18N2O3/c1-10-6-9-18(14(10)16(20)21)15(19)12-4-3-5-13-11(12)7-8-17(13)2/h3-5,7-8,10,14H,6,9H2,1-2H3,(H,20,21). The van der Waals surface area contributed by atoms with Crippen molar-refractivity contribution in [2.24, 2.45) is 13.0 Å². The van der Waals surface area contributed by atoms with Gasteiger partial charge >= 0.3 is 5.97 Å². The minimum absolute atomic E-state index is 0.0126. The van der Waals surface area contributed by atoms with Crippen LogP contribution in [0.15, 0.2) is 30.5 Å². The first-order valence-electron chi connectivity index (χ1n) is 7.08. The summed E-state index contributed by atoms with van der Waals surface area (Å²) in [6, 6.07) is 6.74. The highest BCUT2D eigenvalue weighted by Gasteiger charge is 2.40. The predicted molar refractivity (Wildman–Crippen MR) is 79.2 cm³/mol. The van der Waals surface area contributed by atoms with Crippen LogP contribution in [0.2, 0.25) is 0 Å². The summed E-state index contributed by atoms with van der Waals surface area (Å²) < 4.78 is 1.95. The van der Waals surface area contributed by atoms with Crippen molar-refractivity contribution in [3.63, 3.8) is 0 Å². The number of amides is 1. The van der Waals surface area contributed by atoms with Crippen LogP contribution in [0.3, 0.4) is 0 Å². The summed E-state index contributed by atoms with van der Waals surface area (Å²) in [5.41, 5.74) is 1.55. The van der Waals surface area contributed by atoms with Gasteiger partial charge in [0.25, 0.3) is 5.91 Å². The lowest BCUT2D eigenvalue weighted by molar-refractivity contribution is -0.142. The summed E-state index contributed by atoms with van der Waals surface area (Å²) in [7, 11) is 1.93. The maximum absolute atomic E-state index is 12.8. The third kappa shape index (κ3) is 2.09. The number of fused-ring (bicyclic) bond motifs is 1. The largest absolute Gasteiger partial charge is 0.480 e. The van der Waals surface area contributed by atoms with Crippen molar-refractivity contribution < 1.29 is 14.7 Å². The minimum atomic E-state index is -0.923. The molecule has 0 aliphatic carbocycles. The van der Waals surface area contributed by atoms with Gasteiger partial charge in [0, 0.05) is 36.3 Å². The number of aliphatic carboxylic acids is 1. The number of hydrogen-bond donors (Lipinski definition) is 1. The molecule has 5 nitrogen and oxygen atoms in total. The molecule has 2 atom stereocenters. The van der Waals surface area contributed by atoms with Crippen molar-refractivity contribution in [3.05, 3.63) is 36.0 Å². The zero-order valence-corrected chi connectivity index (χ0v) is 12.1. The maximum Gasteiger partial charge on any atom is 0.326 e. The van der Waals surface area contributed by atoms with Crippen LogP contribution < -0.4 is 0 Å². The lowest BCUT2D eigenvalue weighted by Gasteiger charge is -2.23. The van der Waals surface area contributed by atoms with Crippen molar-refractivity contribution in [2.45, 2.75) is 19.4 Å². The topological polar surface area (TPSA) is 62.5 Å². The van der Waals surface area contributed by atoms with E-state index >= 15 is 0 Å². The van der Waals surface area contributed by atoms with Gasteiger partial charge in [-0.1, -0.05) is 13.0 Å². The Hall–Kier alpha value is -2.30. The van der Waals surface area contributed by atoms with Crippen LogP contribution in [0, 0.1) is 5.92 Å². The van der Waals surface area contributed by atoms with E-state index in [0.717, 1.165) is 17.3 Å². The minimum Gasteiger partial charge on any atom is -0.480 e. The van der Waals surface area contributed by atoms with Gasteiger partial charge in [-0.25, -0.2) is 4.79 Å². The van der Waals surface area contributed by atoms with Gasteiger partial charge in [0.05, 0.1) is 0 Å². The van der Waals surface area contributed by atoms with Gasteiger partial charge < -0.3 is 14.6 Å². The van der Waals surface area contributed by atoms with Crippen LogP contribution in [-0.2, 0) is 11.8 Å². The molecule has 1 aromatic heterocycles. The van der Waals surface area contributed by atoms with E-state index < -0.39 is 12.0 Å². The molecular weight excluding hydrogens is 268 g/mol. The molecule has 1 amide bonds. The van der Waals surface area contributed by atoms with E-state index in [9.17, 15) is 14.7 Å². The lowest BCUT2D eigenvalue weighted by atomic mass is 10.0. The van der Waals surface area contributed by atoms with Crippen molar-refractivity contribution in [2.75, 3.05) is 6.54 Å². The van der Waals surface area contributed by atoms with Crippen LogP contribution in [0.1, 0.15) is 23.7 Å². The number of benzene rings is 1. The van der Waals surface area contributed by atoms with E-state index in [0.29, 0.717) is 12.1 Å². The number of carboxylic acids is 1. The SMILES string of the molecule is CC1CCN(C(=O)c2cccc3c2ccn3C)C1C(=O)O. The highest BCUT2D eigenvalue weighted by atomic mass is 16.4. The number of hydrogen-bond acceptors (Lipinski definition) is 2. The second-order valence-corrected chi connectivity index (χ2v) is 5.71. The molecule has 1 N–H and O–H groups in total. The molecule has 1 saturated heterocycles. The van der Waals surface area contributed by atoms with Crippen molar-refractivity contribution >= 4 is 22.8 Å². The first-order chi connectivity index (χ1) is 10.0. The van der Waals surface area contributed by atoms with Gasteiger partial charge in [-0.15, -0.1) is 0 Å². The Bertz CT molecular complexity index is 719. The number of likely N-dealkylation sites (tertiary alicyclic amines) is 1. The average Bonchev–Trinajstić information content (AvgIpc) is 3.02. The number of aryl methyl sites for hydroxylation is 1. The van der Waals surface area contributed by atoms with E-state index in [4.69, 9.17) is 0 Å². The lowest BCUT2D eigenvalue weighted by Crippen LogP contribution is -2.42. The maximum atomic E-state index is 12.8. The number of nitrogens with zero attached hydrogens (tertiary/aromatic N) is 2. The van der Waals surface area contributed by atoms with Gasteiger partial charge in [-0.2, -0.15) is 0 Å². The van der Waals surface area contributed by atoms with E-state index in [1.54, 1.807) is 6.07 Å². The number of rotatable bonds is 2. The highest BCUT2D eigenvalue weighted by Crippen LogP contribution is 2.28. The van der Waals surface area contributed by atoms with Crippen molar-refractivity contribution in [1.29, 1.82) is 0 Å². The highest BCUT2D eigenvalue weighted by molar-refractivity contribution is 6.07. The third-order valence-corrected chi connectivity index (χ3v) is 4.37. The first-order valence-corrected chi connectivity index (χ1v) is 7.08. The number of aromatic nitrogens is 1. The summed E-state index contributed by atoms with van der Waals surface area (Å²) >= 11 is 0. The van der Waals surface area contributed by atoms with E-state index in [1.807, 2.05) is 42.9 Å². The Balaban J connectivity index is 2.03. The van der Waals surface area contributed by atoms with E-state index in [-0.39, 0.29) is 11.8 Å². The number of carbonyl (C=O) groups excluding carboxylic acids is 1. The zero-order chi connectivity index (χ0) is 15.1. The molecule has 2 aromatic rings. The van der Waals surface area contributed by atoms with Gasteiger partial charge in [0.1, 0.15) is 6.04 Å². The molecule has 0 bridgehead atoms. The molecule has 2 unspecified atom stereocenters. The van der Waals surface area contributed by atoms with Crippen LogP contribution in [0.4, 0.5) is 0 Å². The Morgan fingerprint density at radius 2 is 2.05 bits per heavy atom. The molecule has 1 aromatic carbocycles. The number of carboxylic acid groups (broad SMARTS) is 1. The van der Waals surface area contributed by atoms with Gasteiger partial charge in [-0.3, -0.25) is 4.79 Å². The average molecular weight is 286 g/mol. The quantitative estimate of drug-likeness (QED) is 0.919. The zero-order valence-electron chi connectivity index (χ0n) is 12.1. The van der Waals surface area contributed by atoms with E-state index in [2.05, 4.69) is 0 Å². The molecule has 1 aliphatic rings. The van der Waals surface area contributed by atoms with Crippen molar-refractivity contribution in [3.8, 4) is 0 Å². The Labute approximate surface area is 122 Å². The molecule has 0 radical (unpaired) electrons. The van der Waals surface area contributed by atoms with Gasteiger partial charge in [0.15, 0.2) is 0 Å². The second-order valence-electron chi connectivity index (χ2n) is 5.71. The molecule has 1 aliphatic heterocycles. The fraction of sp³-hybridized carbons (Fsp3) is 0.375. The molecule has 5 heteroatoms. The fourth-order valence-electron chi connectivity index (χ4n) is 3.20. The van der Waals surface area contributed by atoms with Crippen LogP contribution in [0.25, 0.3) is 10.9 Å². The Morgan fingerprint density at radius 3 is 2.76 bits per heavy atom. The molecule has 2 heterocycles. The van der Waals surface area contributed by atoms with Crippen LogP contribution in [0.5, 0.6) is 0 Å². The molecule has 110 valence electrons. The summed E-state index contributed by atoms with van der Waals surface area (Å²) in [6.45, 7) is 2.38. The fourth-order valence-corrected chi connectivity index (χ4v) is 3.20. The summed E-state index contributed by atoms with van der Waals surface area (Å²) in [6.07, 6.45) is 2.64. The van der Waals surface area contributed by atoms with Gasteiger partial charge in [0.2, 0.25) is 0 Å². The summed E-state index contributed by atoms with van der Waals surface area (Å²) in [5.74, 6) is -1.13. The summed E-state index contributed by atoms with van der Waals surface area (Å²) in [5, 5.41) is 10.2. The molecule has 1 fully saturated rings. The normalized spacial score (nSPS) is 21.9. The second kappa shape index (κ2) is 4.91. The van der Waals surface area contributed by atoms with Crippen molar-refractivity contribution in [1.82, 2.24) is 9.47 Å². The van der Waals surface area contributed by atoms with Gasteiger partial charge in [-0.05, 0) is 30.5 Å². The third-order valence-electron chi connectivity index (χ3n) is 4.37. The Kier molecular flexibility index (Phi) is 3.20. The molecular formula is C16H18N2O3. The molecule has 21 heavy (non-hydrogen) atoms. The Morgan fingerprint density at radius 1 is 1.29 bits per heavy atom. The first kappa shape index (κ1) is 13.7. The molecule has 0 spiro atoms. The smallest absolute Gasteiger partial charge is 0.326 e. The molecule has 3 rings (SSSR count). The monoisotopic (exact) mass is 286 g/mol. The predicted octanol–water partition coefficient (Wildman–Crippen LogP) is 2.11. The van der Waals surface area contributed by atoms with Crippen LogP contribution >= 0.6 is 0 Å². The summed E-state index contributed by atoms with van der Waals surface area (Å²) in [4.78, 5) is 25.7. The molecule has 0 saturated carbocycles. The van der Waals surface area contributed by atoms with Crippen LogP contribution in [-0.4, -0.2) is 39.0 Å².